The van der Waals surface area contributed by atoms with Crippen LogP contribution in [0.3, 0.4) is 0 Å². The third kappa shape index (κ3) is 5.63. The molecule has 1 heterocycles. The standard InChI is InChI=1S/C27H37ClN2O3/c1-7-33-24(31)12-15-30-17-22(18(2)3)27(6,29-25(30)32)20-8-9-21(23(28)16-20)19-10-13-26(4,5)14-11-19/h8-10,16-18H,7,11-15H2,1-6H3,(H,29,32)/t27-/m0/s1. The van der Waals surface area contributed by atoms with Crippen molar-refractivity contribution in [1.29, 1.82) is 0 Å². The molecule has 2 aliphatic rings. The van der Waals surface area contributed by atoms with E-state index in [4.69, 9.17) is 16.3 Å². The summed E-state index contributed by atoms with van der Waals surface area (Å²) >= 11 is 6.79. The summed E-state index contributed by atoms with van der Waals surface area (Å²) in [5.74, 6) is -0.122. The Hall–Kier alpha value is -2.27. The summed E-state index contributed by atoms with van der Waals surface area (Å²) in [6.45, 7) is 13.2. The Labute approximate surface area is 203 Å². The molecule has 0 spiro atoms. The van der Waals surface area contributed by atoms with Gasteiger partial charge in [0.15, 0.2) is 0 Å². The monoisotopic (exact) mass is 472 g/mol. The molecule has 1 aliphatic heterocycles. The van der Waals surface area contributed by atoms with Crippen LogP contribution >= 0.6 is 11.6 Å². The highest BCUT2D eigenvalue weighted by Gasteiger charge is 2.40. The highest BCUT2D eigenvalue weighted by molar-refractivity contribution is 6.32. The van der Waals surface area contributed by atoms with Gasteiger partial charge in [0.05, 0.1) is 18.6 Å². The van der Waals surface area contributed by atoms with Crippen LogP contribution < -0.4 is 5.32 Å². The third-order valence-electron chi connectivity index (χ3n) is 6.84. The van der Waals surface area contributed by atoms with Crippen molar-refractivity contribution in [3.05, 3.63) is 52.2 Å². The highest BCUT2D eigenvalue weighted by atomic mass is 35.5. The number of nitrogens with zero attached hydrogens (tertiary/aromatic N) is 1. The van der Waals surface area contributed by atoms with Gasteiger partial charge in [0.1, 0.15) is 0 Å². The van der Waals surface area contributed by atoms with Crippen LogP contribution in [-0.2, 0) is 15.1 Å². The maximum absolute atomic E-state index is 13.0. The van der Waals surface area contributed by atoms with Gasteiger partial charge >= 0.3 is 12.0 Å². The molecule has 1 aliphatic carbocycles. The van der Waals surface area contributed by atoms with E-state index >= 15 is 0 Å². The molecular formula is C27H37ClN2O3. The van der Waals surface area contributed by atoms with E-state index in [1.165, 1.54) is 5.57 Å². The molecule has 0 radical (unpaired) electrons. The second kappa shape index (κ2) is 9.92. The minimum absolute atomic E-state index is 0.159. The summed E-state index contributed by atoms with van der Waals surface area (Å²) in [6.07, 6.45) is 7.58. The van der Waals surface area contributed by atoms with Crippen molar-refractivity contribution in [2.75, 3.05) is 13.2 Å². The molecule has 1 N–H and O–H groups in total. The maximum atomic E-state index is 13.0. The number of ether oxygens (including phenoxy) is 1. The lowest BCUT2D eigenvalue weighted by Gasteiger charge is -2.42. The molecule has 0 saturated heterocycles. The van der Waals surface area contributed by atoms with Gasteiger partial charge in [-0.25, -0.2) is 4.79 Å². The first-order valence-electron chi connectivity index (χ1n) is 11.9. The number of halogens is 1. The van der Waals surface area contributed by atoms with Crippen LogP contribution in [0.2, 0.25) is 5.02 Å². The molecule has 33 heavy (non-hydrogen) atoms. The summed E-state index contributed by atoms with van der Waals surface area (Å²) in [4.78, 5) is 26.3. The van der Waals surface area contributed by atoms with Gasteiger partial charge in [-0.1, -0.05) is 57.5 Å². The predicted molar refractivity (Wildman–Crippen MR) is 134 cm³/mol. The van der Waals surface area contributed by atoms with Gasteiger partial charge in [-0.15, -0.1) is 0 Å². The lowest BCUT2D eigenvalue weighted by Crippen LogP contribution is -2.55. The number of nitrogens with one attached hydrogen (secondary N) is 1. The first kappa shape index (κ1) is 25.4. The molecule has 1 aromatic rings. The van der Waals surface area contributed by atoms with Gasteiger partial charge in [-0.3, -0.25) is 4.79 Å². The van der Waals surface area contributed by atoms with E-state index in [2.05, 4.69) is 51.2 Å². The molecule has 6 heteroatoms. The molecule has 3 rings (SSSR count). The normalized spacial score (nSPS) is 22.5. The van der Waals surface area contributed by atoms with Crippen LogP contribution in [0.25, 0.3) is 5.57 Å². The zero-order valence-corrected chi connectivity index (χ0v) is 21.5. The van der Waals surface area contributed by atoms with Crippen molar-refractivity contribution in [3.8, 4) is 0 Å². The van der Waals surface area contributed by atoms with E-state index < -0.39 is 5.54 Å². The van der Waals surface area contributed by atoms with Crippen molar-refractivity contribution < 1.29 is 14.3 Å². The number of hydrogen-bond donors (Lipinski definition) is 1. The molecule has 1 atom stereocenters. The van der Waals surface area contributed by atoms with Crippen LogP contribution in [0.1, 0.15) is 78.4 Å². The number of amides is 2. The number of rotatable bonds is 7. The van der Waals surface area contributed by atoms with Gasteiger partial charge in [0.25, 0.3) is 0 Å². The Bertz CT molecular complexity index is 980. The average Bonchev–Trinajstić information content (AvgIpc) is 2.73. The lowest BCUT2D eigenvalue weighted by atomic mass is 9.76. The lowest BCUT2D eigenvalue weighted by molar-refractivity contribution is -0.143. The van der Waals surface area contributed by atoms with Crippen LogP contribution in [0.15, 0.2) is 36.0 Å². The van der Waals surface area contributed by atoms with E-state index in [-0.39, 0.29) is 30.9 Å². The molecule has 0 bridgehead atoms. The molecule has 2 amide bonds. The van der Waals surface area contributed by atoms with Crippen molar-refractivity contribution in [3.63, 3.8) is 0 Å². The smallest absolute Gasteiger partial charge is 0.322 e. The first-order chi connectivity index (χ1) is 15.5. The molecular weight excluding hydrogens is 436 g/mol. The minimum atomic E-state index is -0.684. The zero-order chi connectivity index (χ0) is 24.4. The molecule has 0 saturated carbocycles. The van der Waals surface area contributed by atoms with E-state index in [0.717, 1.165) is 36.0 Å². The predicted octanol–water partition coefficient (Wildman–Crippen LogP) is 6.67. The Kier molecular flexibility index (Phi) is 7.62. The SMILES string of the molecule is CCOC(=O)CCN1C=C(C(C)C)[C@](C)(c2ccc(C3=CCC(C)(C)CC3)c(Cl)c2)NC1=O. The van der Waals surface area contributed by atoms with Gasteiger partial charge in [-0.2, -0.15) is 0 Å². The van der Waals surface area contributed by atoms with Crippen molar-refractivity contribution in [2.24, 2.45) is 11.3 Å². The molecule has 180 valence electrons. The number of benzene rings is 1. The number of carbonyl (C=O) groups excluding carboxylic acids is 2. The molecule has 0 unspecified atom stereocenters. The quantitative estimate of drug-likeness (QED) is 0.451. The van der Waals surface area contributed by atoms with E-state index in [0.29, 0.717) is 17.0 Å². The summed E-state index contributed by atoms with van der Waals surface area (Å²) in [7, 11) is 0. The average molecular weight is 473 g/mol. The van der Waals surface area contributed by atoms with Crippen LogP contribution in [0, 0.1) is 11.3 Å². The fourth-order valence-electron chi connectivity index (χ4n) is 4.70. The Morgan fingerprint density at radius 2 is 2.00 bits per heavy atom. The van der Waals surface area contributed by atoms with Crippen LogP contribution in [0.5, 0.6) is 0 Å². The van der Waals surface area contributed by atoms with Gasteiger partial charge in [0, 0.05) is 17.8 Å². The number of urea groups is 1. The second-order valence-corrected chi connectivity index (χ2v) is 10.7. The topological polar surface area (TPSA) is 58.6 Å². The van der Waals surface area contributed by atoms with Crippen molar-refractivity contribution in [2.45, 2.75) is 72.8 Å². The van der Waals surface area contributed by atoms with E-state index in [1.807, 2.05) is 19.2 Å². The van der Waals surface area contributed by atoms with E-state index in [9.17, 15) is 9.59 Å². The largest absolute Gasteiger partial charge is 0.466 e. The summed E-state index contributed by atoms with van der Waals surface area (Å²) in [5.41, 5.74) is 4.05. The Morgan fingerprint density at radius 1 is 1.27 bits per heavy atom. The number of hydrogen-bond acceptors (Lipinski definition) is 3. The molecule has 0 fully saturated rings. The van der Waals surface area contributed by atoms with Crippen LogP contribution in [-0.4, -0.2) is 30.1 Å². The Morgan fingerprint density at radius 3 is 2.58 bits per heavy atom. The molecule has 5 nitrogen and oxygen atoms in total. The van der Waals surface area contributed by atoms with Gasteiger partial charge < -0.3 is 15.0 Å². The fourth-order valence-corrected chi connectivity index (χ4v) is 5.00. The molecule has 1 aromatic carbocycles. The number of esters is 1. The van der Waals surface area contributed by atoms with Gasteiger partial charge in [0.2, 0.25) is 0 Å². The van der Waals surface area contributed by atoms with Crippen molar-refractivity contribution >= 4 is 29.2 Å². The number of carbonyl (C=O) groups is 2. The maximum Gasteiger partial charge on any atom is 0.322 e. The highest BCUT2D eigenvalue weighted by Crippen LogP contribution is 2.42. The van der Waals surface area contributed by atoms with E-state index in [1.54, 1.807) is 11.8 Å². The Balaban J connectivity index is 1.89. The third-order valence-corrected chi connectivity index (χ3v) is 7.15. The first-order valence-corrected chi connectivity index (χ1v) is 12.3. The van der Waals surface area contributed by atoms with Gasteiger partial charge in [-0.05, 0) is 72.8 Å². The molecule has 0 aromatic heterocycles. The zero-order valence-electron chi connectivity index (χ0n) is 20.8. The summed E-state index contributed by atoms with van der Waals surface area (Å²) < 4.78 is 5.00. The second-order valence-electron chi connectivity index (χ2n) is 10.3. The van der Waals surface area contributed by atoms with Crippen molar-refractivity contribution in [1.82, 2.24) is 10.2 Å². The minimum Gasteiger partial charge on any atom is -0.466 e. The summed E-state index contributed by atoms with van der Waals surface area (Å²) in [5, 5.41) is 3.89. The fraction of sp³-hybridized carbons (Fsp3) is 0.556. The number of allylic oxidation sites excluding steroid dienone is 2. The van der Waals surface area contributed by atoms with Crippen LogP contribution in [0.4, 0.5) is 4.79 Å². The summed E-state index contributed by atoms with van der Waals surface area (Å²) in [6, 6.07) is 5.92.